The Morgan fingerprint density at radius 2 is 1.94 bits per heavy atom. The number of urea groups is 1. The van der Waals surface area contributed by atoms with Crippen LogP contribution in [0.4, 0.5) is 22.0 Å². The van der Waals surface area contributed by atoms with Gasteiger partial charge in [-0.3, -0.25) is 10.3 Å². The lowest BCUT2D eigenvalue weighted by Crippen LogP contribution is -2.43. The molecule has 4 rings (SSSR count). The third-order valence-electron chi connectivity index (χ3n) is 5.82. The topological polar surface area (TPSA) is 103 Å². The van der Waals surface area contributed by atoms with Gasteiger partial charge in [-0.1, -0.05) is 43.2 Å². The van der Waals surface area contributed by atoms with Crippen LogP contribution in [-0.4, -0.2) is 28.3 Å². The summed E-state index contributed by atoms with van der Waals surface area (Å²) in [6.45, 7) is 1.92. The van der Waals surface area contributed by atoms with Gasteiger partial charge in [-0.2, -0.15) is 0 Å². The number of benzene rings is 1. The highest BCUT2D eigenvalue weighted by Crippen LogP contribution is 2.33. The highest BCUT2D eigenvalue weighted by Gasteiger charge is 2.27. The Morgan fingerprint density at radius 3 is 2.72 bits per heavy atom. The fraction of sp³-hybridized carbons (Fsp3) is 0.280. The molecule has 2 aromatic heterocycles. The molecule has 1 fully saturated rings. The van der Waals surface area contributed by atoms with E-state index in [2.05, 4.69) is 38.1 Å². The molecule has 32 heavy (non-hydrogen) atoms. The molecule has 1 aliphatic rings. The summed E-state index contributed by atoms with van der Waals surface area (Å²) in [7, 11) is 0. The average Bonchev–Trinajstić information content (AvgIpc) is 2.81. The van der Waals surface area contributed by atoms with Crippen LogP contribution in [0.3, 0.4) is 0 Å². The Kier molecular flexibility index (Phi) is 6.75. The van der Waals surface area contributed by atoms with Crippen molar-refractivity contribution in [2.24, 2.45) is 0 Å². The summed E-state index contributed by atoms with van der Waals surface area (Å²) in [5, 5.41) is 17.0. The summed E-state index contributed by atoms with van der Waals surface area (Å²) in [5.41, 5.74) is 4.34. The summed E-state index contributed by atoms with van der Waals surface area (Å²) in [4.78, 5) is 21.3. The molecule has 0 radical (unpaired) electrons. The molecule has 4 N–H and O–H groups in total. The maximum absolute atomic E-state index is 12.7. The van der Waals surface area contributed by atoms with Crippen molar-refractivity contribution < 1.29 is 7.65 Å². The molecular weight excluding hydrogens is 400 g/mol. The normalized spacial score (nSPS) is 17.9. The Morgan fingerprint density at radius 1 is 1.12 bits per heavy atom. The fourth-order valence-electron chi connectivity index (χ4n) is 4.27. The van der Waals surface area contributed by atoms with Crippen LogP contribution in [0.1, 0.15) is 51.3 Å². The van der Waals surface area contributed by atoms with Crippen LogP contribution in [0.5, 0.6) is 0 Å². The number of rotatable bonds is 6. The van der Waals surface area contributed by atoms with Crippen molar-refractivity contribution in [3.05, 3.63) is 77.7 Å². The molecule has 1 aliphatic carbocycles. The third-order valence-corrected chi connectivity index (χ3v) is 5.82. The van der Waals surface area contributed by atoms with E-state index in [4.69, 9.17) is 5.41 Å². The maximum Gasteiger partial charge on any atom is 0.320 e. The van der Waals surface area contributed by atoms with E-state index < -0.39 is 0 Å². The van der Waals surface area contributed by atoms with E-state index >= 15 is 0 Å². The number of amides is 2. The fourth-order valence-corrected chi connectivity index (χ4v) is 4.27. The number of aryl methyl sites for hydroxylation is 1. The van der Waals surface area contributed by atoms with Gasteiger partial charge in [0.05, 0.1) is 11.9 Å². The van der Waals surface area contributed by atoms with Crippen LogP contribution in [-0.2, 0) is 0 Å². The van der Waals surface area contributed by atoms with Gasteiger partial charge in [0.1, 0.15) is 5.82 Å². The van der Waals surface area contributed by atoms with Crippen molar-refractivity contribution in [2.45, 2.75) is 44.6 Å². The van der Waals surface area contributed by atoms with Crippen molar-refractivity contribution in [3.63, 3.8) is 0 Å². The second kappa shape index (κ2) is 10.0. The lowest BCUT2D eigenvalue weighted by Gasteiger charge is -2.32. The smallest absolute Gasteiger partial charge is 0.320 e. The summed E-state index contributed by atoms with van der Waals surface area (Å²) < 4.78 is 0. The zero-order chi connectivity index (χ0) is 22.3. The number of anilines is 3. The first-order valence-corrected chi connectivity index (χ1v) is 10.9. The highest BCUT2D eigenvalue weighted by molar-refractivity contribution is 5.92. The Labute approximate surface area is 191 Å². The highest BCUT2D eigenvalue weighted by atomic mass is 16.2. The first-order chi connectivity index (χ1) is 15.6. The summed E-state index contributed by atoms with van der Waals surface area (Å²) in [6.07, 6.45) is 8.91. The van der Waals surface area contributed by atoms with Crippen molar-refractivity contribution in [2.75, 3.05) is 10.6 Å². The van der Waals surface area contributed by atoms with Gasteiger partial charge in [0.2, 0.25) is 0 Å². The molecule has 0 aliphatic heterocycles. The largest absolute Gasteiger partial charge is 0.354 e. The van der Waals surface area contributed by atoms with Gasteiger partial charge in [0.15, 0.2) is 0 Å². The van der Waals surface area contributed by atoms with Gasteiger partial charge in [-0.25, -0.2) is 9.78 Å². The van der Waals surface area contributed by atoms with Gasteiger partial charge in [0.25, 0.3) is 0 Å². The van der Waals surface area contributed by atoms with Gasteiger partial charge >= 0.3 is 6.03 Å². The van der Waals surface area contributed by atoms with Crippen molar-refractivity contribution in [1.82, 2.24) is 15.3 Å². The van der Waals surface area contributed by atoms with E-state index in [-0.39, 0.29) is 14.9 Å². The SMILES string of the molecule is Cc1cc(Nc2cnc(NC(=O)N[C@H]3CCCC[C@@H]3c3ccccc3)cc2C=N)ccn1.[HH].[HH]. The van der Waals surface area contributed by atoms with E-state index in [1.807, 2.05) is 37.3 Å². The first-order valence-electron chi connectivity index (χ1n) is 10.9. The lowest BCUT2D eigenvalue weighted by molar-refractivity contribution is 0.240. The van der Waals surface area contributed by atoms with Crippen molar-refractivity contribution >= 4 is 29.4 Å². The Balaban J connectivity index is 0.00000204. The molecule has 1 saturated carbocycles. The molecule has 0 unspecified atom stereocenters. The Bertz CT molecular complexity index is 1100. The quantitative estimate of drug-likeness (QED) is 0.366. The molecule has 7 nitrogen and oxygen atoms in total. The molecule has 2 heterocycles. The Hall–Kier alpha value is -3.74. The predicted molar refractivity (Wildman–Crippen MR) is 132 cm³/mol. The van der Waals surface area contributed by atoms with Gasteiger partial charge in [-0.05, 0) is 43.5 Å². The summed E-state index contributed by atoms with van der Waals surface area (Å²) in [6, 6.07) is 15.7. The summed E-state index contributed by atoms with van der Waals surface area (Å²) >= 11 is 0. The van der Waals surface area contributed by atoms with Crippen LogP contribution in [0.25, 0.3) is 0 Å². The lowest BCUT2D eigenvalue weighted by atomic mass is 9.80. The van der Waals surface area contributed by atoms with Gasteiger partial charge in [0, 0.05) is 44.2 Å². The number of pyridine rings is 2. The van der Waals surface area contributed by atoms with E-state index in [0.29, 0.717) is 23.0 Å². The molecule has 2 atom stereocenters. The standard InChI is InChI=1S/C25H28N6O.2H2/c1-17-13-20(11-12-27-17)29-23-16-28-24(14-19(23)15-26)31-25(32)30-22-10-6-5-9-21(22)18-7-3-2-4-8-18;;/h2-4,7-8,11-16,21-22,26H,5-6,9-10H2,1H3,(H,27,29)(H2,28,30,31,32);2*1H/t21-,22+;;/m1../s1. The molecule has 0 saturated heterocycles. The van der Waals surface area contributed by atoms with Crippen molar-refractivity contribution in [1.29, 1.82) is 5.41 Å². The molecule has 3 aromatic rings. The van der Waals surface area contributed by atoms with E-state index in [1.54, 1.807) is 18.5 Å². The molecular formula is C25H32N6O. The number of hydrogen-bond donors (Lipinski definition) is 4. The molecule has 0 spiro atoms. The van der Waals surface area contributed by atoms with Crippen LogP contribution in [0, 0.1) is 12.3 Å². The average molecular weight is 433 g/mol. The van der Waals surface area contributed by atoms with Gasteiger partial charge in [-0.15, -0.1) is 0 Å². The van der Waals surface area contributed by atoms with E-state index in [0.717, 1.165) is 30.6 Å². The number of hydrogen-bond acceptors (Lipinski definition) is 5. The van der Waals surface area contributed by atoms with E-state index in [9.17, 15) is 4.79 Å². The van der Waals surface area contributed by atoms with Crippen LogP contribution < -0.4 is 16.0 Å². The molecule has 2 amide bonds. The zero-order valence-corrected chi connectivity index (χ0v) is 18.1. The molecule has 1 aromatic carbocycles. The second-order valence-electron chi connectivity index (χ2n) is 8.12. The number of carbonyl (C=O) groups excluding carboxylic acids is 1. The minimum atomic E-state index is -0.272. The number of carbonyl (C=O) groups is 1. The number of aromatic nitrogens is 2. The maximum atomic E-state index is 12.7. The number of nitrogens with one attached hydrogen (secondary N) is 4. The first kappa shape index (κ1) is 21.5. The van der Waals surface area contributed by atoms with Crippen molar-refractivity contribution in [3.8, 4) is 0 Å². The monoisotopic (exact) mass is 432 g/mol. The van der Waals surface area contributed by atoms with Crippen LogP contribution >= 0.6 is 0 Å². The molecule has 168 valence electrons. The number of nitrogens with zero attached hydrogens (tertiary/aromatic N) is 2. The summed E-state index contributed by atoms with van der Waals surface area (Å²) in [5.74, 6) is 0.723. The minimum Gasteiger partial charge on any atom is -0.354 e. The van der Waals surface area contributed by atoms with E-state index in [1.165, 1.54) is 18.2 Å². The van der Waals surface area contributed by atoms with Crippen LogP contribution in [0.15, 0.2) is 60.9 Å². The van der Waals surface area contributed by atoms with Gasteiger partial charge < -0.3 is 16.0 Å². The minimum absolute atomic E-state index is 0. The second-order valence-corrected chi connectivity index (χ2v) is 8.12. The zero-order valence-electron chi connectivity index (χ0n) is 18.1. The van der Waals surface area contributed by atoms with Crippen LogP contribution in [0.2, 0.25) is 0 Å². The third kappa shape index (κ3) is 5.29. The molecule has 7 heteroatoms. The predicted octanol–water partition coefficient (Wildman–Crippen LogP) is 5.87. The molecule has 0 bridgehead atoms.